The SMILES string of the molecule is CCS(=O)(=O)c1ccccc1NC(=O)c1ccc(-c2ccccc2)cc1. The third-order valence-electron chi connectivity index (χ3n) is 4.10. The summed E-state index contributed by atoms with van der Waals surface area (Å²) in [5.74, 6) is -0.366. The zero-order chi connectivity index (χ0) is 18.6. The van der Waals surface area contributed by atoms with E-state index < -0.39 is 9.84 Å². The number of carbonyl (C=O) groups excluding carboxylic acids is 1. The fraction of sp³-hybridized carbons (Fsp3) is 0.0952. The number of rotatable bonds is 5. The molecule has 0 heterocycles. The Kier molecular flexibility index (Phi) is 5.19. The van der Waals surface area contributed by atoms with Crippen LogP contribution in [0.1, 0.15) is 17.3 Å². The summed E-state index contributed by atoms with van der Waals surface area (Å²) in [6.45, 7) is 1.58. The van der Waals surface area contributed by atoms with Crippen molar-refractivity contribution in [3.8, 4) is 11.1 Å². The normalized spacial score (nSPS) is 11.1. The molecule has 1 amide bonds. The minimum atomic E-state index is -3.41. The lowest BCUT2D eigenvalue weighted by atomic mass is 10.0. The van der Waals surface area contributed by atoms with Crippen molar-refractivity contribution in [3.05, 3.63) is 84.4 Å². The van der Waals surface area contributed by atoms with Crippen molar-refractivity contribution in [2.75, 3.05) is 11.1 Å². The molecule has 1 N–H and O–H groups in total. The van der Waals surface area contributed by atoms with Gasteiger partial charge in [-0.25, -0.2) is 8.42 Å². The lowest BCUT2D eigenvalue weighted by molar-refractivity contribution is 0.102. The highest BCUT2D eigenvalue weighted by molar-refractivity contribution is 7.91. The lowest BCUT2D eigenvalue weighted by Gasteiger charge is -2.11. The van der Waals surface area contributed by atoms with E-state index in [4.69, 9.17) is 0 Å². The number of amides is 1. The molecular weight excluding hydrogens is 346 g/mol. The van der Waals surface area contributed by atoms with Gasteiger partial charge in [0.05, 0.1) is 16.3 Å². The number of nitrogens with one attached hydrogen (secondary N) is 1. The van der Waals surface area contributed by atoms with Crippen LogP contribution in [0, 0.1) is 0 Å². The number of benzene rings is 3. The summed E-state index contributed by atoms with van der Waals surface area (Å²) >= 11 is 0. The van der Waals surface area contributed by atoms with Crippen molar-refractivity contribution < 1.29 is 13.2 Å². The van der Waals surface area contributed by atoms with Gasteiger partial charge in [0.15, 0.2) is 9.84 Å². The van der Waals surface area contributed by atoms with Gasteiger partial charge in [-0.1, -0.05) is 61.5 Å². The molecule has 5 heteroatoms. The van der Waals surface area contributed by atoms with Crippen molar-refractivity contribution in [2.24, 2.45) is 0 Å². The quantitative estimate of drug-likeness (QED) is 0.729. The molecular formula is C21H19NO3S. The van der Waals surface area contributed by atoms with Crippen LogP contribution in [0.25, 0.3) is 11.1 Å². The molecule has 0 radical (unpaired) electrons. The van der Waals surface area contributed by atoms with Crippen molar-refractivity contribution in [3.63, 3.8) is 0 Å². The van der Waals surface area contributed by atoms with Gasteiger partial charge in [-0.15, -0.1) is 0 Å². The van der Waals surface area contributed by atoms with Gasteiger partial charge in [-0.05, 0) is 35.4 Å². The second-order valence-electron chi connectivity index (χ2n) is 5.80. The molecule has 0 fully saturated rings. The van der Waals surface area contributed by atoms with E-state index in [9.17, 15) is 13.2 Å². The minimum absolute atomic E-state index is 0.0222. The number of sulfone groups is 1. The monoisotopic (exact) mass is 365 g/mol. The molecule has 0 spiro atoms. The fourth-order valence-electron chi connectivity index (χ4n) is 2.64. The Morgan fingerprint density at radius 2 is 1.38 bits per heavy atom. The molecule has 0 aliphatic heterocycles. The molecule has 0 bridgehead atoms. The van der Waals surface area contributed by atoms with Crippen LogP contribution in [0.3, 0.4) is 0 Å². The van der Waals surface area contributed by atoms with Crippen LogP contribution in [0.5, 0.6) is 0 Å². The van der Waals surface area contributed by atoms with E-state index >= 15 is 0 Å². The summed E-state index contributed by atoms with van der Waals surface area (Å²) in [5.41, 5.74) is 2.84. The van der Waals surface area contributed by atoms with Gasteiger partial charge < -0.3 is 5.32 Å². The largest absolute Gasteiger partial charge is 0.321 e. The summed E-state index contributed by atoms with van der Waals surface area (Å²) in [6, 6.07) is 23.5. The Balaban J connectivity index is 1.84. The van der Waals surface area contributed by atoms with E-state index in [2.05, 4.69) is 5.32 Å². The van der Waals surface area contributed by atoms with Crippen molar-refractivity contribution in [1.82, 2.24) is 0 Å². The van der Waals surface area contributed by atoms with Gasteiger partial charge in [0.1, 0.15) is 0 Å². The van der Waals surface area contributed by atoms with E-state index in [-0.39, 0.29) is 16.6 Å². The highest BCUT2D eigenvalue weighted by Gasteiger charge is 2.18. The van der Waals surface area contributed by atoms with Gasteiger partial charge in [0.25, 0.3) is 5.91 Å². The first-order chi connectivity index (χ1) is 12.5. The van der Waals surface area contributed by atoms with Crippen LogP contribution < -0.4 is 5.32 Å². The second kappa shape index (κ2) is 7.54. The predicted octanol–water partition coefficient (Wildman–Crippen LogP) is 4.40. The zero-order valence-corrected chi connectivity index (χ0v) is 15.2. The smallest absolute Gasteiger partial charge is 0.255 e. The van der Waals surface area contributed by atoms with Gasteiger partial charge in [-0.2, -0.15) is 0 Å². The summed E-state index contributed by atoms with van der Waals surface area (Å²) in [7, 11) is -3.41. The molecule has 3 aromatic rings. The first-order valence-electron chi connectivity index (χ1n) is 8.30. The van der Waals surface area contributed by atoms with E-state index in [0.29, 0.717) is 11.3 Å². The van der Waals surface area contributed by atoms with E-state index in [1.807, 2.05) is 42.5 Å². The topological polar surface area (TPSA) is 63.2 Å². The van der Waals surface area contributed by atoms with Crippen LogP contribution in [-0.2, 0) is 9.84 Å². The van der Waals surface area contributed by atoms with Gasteiger partial charge in [-0.3, -0.25) is 4.79 Å². The third-order valence-corrected chi connectivity index (χ3v) is 5.89. The van der Waals surface area contributed by atoms with Crippen LogP contribution in [-0.4, -0.2) is 20.1 Å². The van der Waals surface area contributed by atoms with Crippen LogP contribution in [0.4, 0.5) is 5.69 Å². The Bertz CT molecular complexity index is 1010. The molecule has 3 aromatic carbocycles. The molecule has 0 saturated carbocycles. The van der Waals surface area contributed by atoms with Crippen LogP contribution in [0.2, 0.25) is 0 Å². The molecule has 0 aromatic heterocycles. The van der Waals surface area contributed by atoms with Crippen molar-refractivity contribution in [1.29, 1.82) is 0 Å². The van der Waals surface area contributed by atoms with E-state index in [1.54, 1.807) is 37.3 Å². The van der Waals surface area contributed by atoms with Crippen molar-refractivity contribution in [2.45, 2.75) is 11.8 Å². The first-order valence-corrected chi connectivity index (χ1v) is 9.95. The Hall–Kier alpha value is -2.92. The van der Waals surface area contributed by atoms with E-state index in [1.165, 1.54) is 6.07 Å². The third kappa shape index (κ3) is 3.83. The number of hydrogen-bond donors (Lipinski definition) is 1. The Labute approximate surface area is 153 Å². The standard InChI is InChI=1S/C21H19NO3S/c1-2-26(24,25)20-11-7-6-10-19(20)22-21(23)18-14-12-17(13-15-18)16-8-4-3-5-9-16/h3-15H,2H2,1H3,(H,22,23). The predicted molar refractivity (Wildman–Crippen MR) is 104 cm³/mol. The average Bonchev–Trinajstić information content (AvgIpc) is 2.69. The molecule has 0 saturated heterocycles. The van der Waals surface area contributed by atoms with Gasteiger partial charge >= 0.3 is 0 Å². The zero-order valence-electron chi connectivity index (χ0n) is 14.3. The number of para-hydroxylation sites is 1. The summed E-state index contributed by atoms with van der Waals surface area (Å²) in [5, 5.41) is 2.71. The highest BCUT2D eigenvalue weighted by Crippen LogP contribution is 2.23. The molecule has 26 heavy (non-hydrogen) atoms. The summed E-state index contributed by atoms with van der Waals surface area (Å²) in [6.07, 6.45) is 0. The maximum absolute atomic E-state index is 12.5. The fourth-order valence-corrected chi connectivity index (χ4v) is 3.69. The van der Waals surface area contributed by atoms with E-state index in [0.717, 1.165) is 11.1 Å². The molecule has 132 valence electrons. The molecule has 0 aliphatic carbocycles. The minimum Gasteiger partial charge on any atom is -0.321 e. The average molecular weight is 365 g/mol. The Morgan fingerprint density at radius 1 is 0.808 bits per heavy atom. The summed E-state index contributed by atoms with van der Waals surface area (Å²) < 4.78 is 24.4. The molecule has 4 nitrogen and oxygen atoms in total. The van der Waals surface area contributed by atoms with Crippen LogP contribution >= 0.6 is 0 Å². The summed E-state index contributed by atoms with van der Waals surface area (Å²) in [4.78, 5) is 12.7. The van der Waals surface area contributed by atoms with Gasteiger partial charge in [0.2, 0.25) is 0 Å². The van der Waals surface area contributed by atoms with Crippen molar-refractivity contribution >= 4 is 21.4 Å². The first kappa shape index (κ1) is 17.9. The number of hydrogen-bond acceptors (Lipinski definition) is 3. The molecule has 3 rings (SSSR count). The number of anilines is 1. The molecule has 0 unspecified atom stereocenters. The Morgan fingerprint density at radius 3 is 2.04 bits per heavy atom. The number of carbonyl (C=O) groups is 1. The highest BCUT2D eigenvalue weighted by atomic mass is 32.2. The lowest BCUT2D eigenvalue weighted by Crippen LogP contribution is -2.15. The maximum Gasteiger partial charge on any atom is 0.255 e. The van der Waals surface area contributed by atoms with Gasteiger partial charge in [0, 0.05) is 5.56 Å². The molecule has 0 aliphatic rings. The second-order valence-corrected chi connectivity index (χ2v) is 8.04. The maximum atomic E-state index is 12.5. The van der Waals surface area contributed by atoms with Crippen LogP contribution in [0.15, 0.2) is 83.8 Å². The molecule has 0 atom stereocenters.